The topological polar surface area (TPSA) is 36.9 Å². The van der Waals surface area contributed by atoms with E-state index in [-0.39, 0.29) is 15.9 Å². The van der Waals surface area contributed by atoms with Crippen LogP contribution in [0.3, 0.4) is 0 Å². The second-order valence-corrected chi connectivity index (χ2v) is 13.7. The van der Waals surface area contributed by atoms with Crippen molar-refractivity contribution in [3.63, 3.8) is 0 Å². The molecule has 0 aliphatic carbocycles. The summed E-state index contributed by atoms with van der Waals surface area (Å²) in [6.07, 6.45) is 3.44. The molecule has 4 nitrogen and oxygen atoms in total. The minimum absolute atomic E-state index is 0.0239. The first-order chi connectivity index (χ1) is 19.3. The second kappa shape index (κ2) is 12.3. The molecular weight excluding hydrogens is 537 g/mol. The van der Waals surface area contributed by atoms with Crippen LogP contribution >= 0.6 is 23.5 Å². The molecule has 40 heavy (non-hydrogen) atoms. The van der Waals surface area contributed by atoms with Crippen molar-refractivity contribution in [2.45, 2.75) is 43.1 Å². The SMILES string of the molecule is COc1ccc(C2C=C(c3cc(OC)ccc3OC)OC(C3SCCCS3)=C2c2ccc(C(C)(C)C)cc2)cc1. The third-order valence-corrected chi connectivity index (χ3v) is 10.3. The molecule has 1 fully saturated rings. The lowest BCUT2D eigenvalue weighted by atomic mass is 9.81. The van der Waals surface area contributed by atoms with Crippen molar-refractivity contribution in [2.75, 3.05) is 32.8 Å². The minimum Gasteiger partial charge on any atom is -0.497 e. The summed E-state index contributed by atoms with van der Waals surface area (Å²) in [7, 11) is 5.08. The van der Waals surface area contributed by atoms with Crippen LogP contribution in [0.15, 0.2) is 78.6 Å². The molecule has 0 bridgehead atoms. The zero-order valence-corrected chi connectivity index (χ0v) is 25.8. The molecule has 3 aromatic rings. The van der Waals surface area contributed by atoms with Crippen molar-refractivity contribution in [1.29, 1.82) is 0 Å². The molecule has 1 unspecified atom stereocenters. The van der Waals surface area contributed by atoms with Crippen molar-refractivity contribution in [1.82, 2.24) is 0 Å². The van der Waals surface area contributed by atoms with E-state index in [0.717, 1.165) is 45.8 Å². The van der Waals surface area contributed by atoms with Crippen LogP contribution in [0.5, 0.6) is 17.2 Å². The molecule has 0 aromatic heterocycles. The highest BCUT2D eigenvalue weighted by Crippen LogP contribution is 2.50. The largest absolute Gasteiger partial charge is 0.497 e. The first kappa shape index (κ1) is 28.6. The molecule has 0 radical (unpaired) electrons. The molecule has 0 saturated carbocycles. The Balaban J connectivity index is 1.71. The summed E-state index contributed by atoms with van der Waals surface area (Å²) in [4.78, 5) is 0. The van der Waals surface area contributed by atoms with Gasteiger partial charge in [-0.3, -0.25) is 0 Å². The normalized spacial score (nSPS) is 18.1. The highest BCUT2D eigenvalue weighted by atomic mass is 32.2. The van der Waals surface area contributed by atoms with Gasteiger partial charge in [0.05, 0.1) is 26.9 Å². The van der Waals surface area contributed by atoms with Crippen molar-refractivity contribution in [2.24, 2.45) is 0 Å². The summed E-state index contributed by atoms with van der Waals surface area (Å²) < 4.78 is 24.0. The first-order valence-corrected chi connectivity index (χ1v) is 15.8. The Bertz CT molecular complexity index is 1380. The van der Waals surface area contributed by atoms with Gasteiger partial charge < -0.3 is 18.9 Å². The van der Waals surface area contributed by atoms with Gasteiger partial charge in [-0.05, 0) is 76.4 Å². The van der Waals surface area contributed by atoms with Crippen LogP contribution in [0, 0.1) is 0 Å². The molecule has 0 spiro atoms. The maximum absolute atomic E-state index is 6.95. The zero-order chi connectivity index (χ0) is 28.3. The number of ether oxygens (including phenoxy) is 4. The van der Waals surface area contributed by atoms with E-state index in [4.69, 9.17) is 18.9 Å². The van der Waals surface area contributed by atoms with Gasteiger partial charge in [0.25, 0.3) is 0 Å². The summed E-state index contributed by atoms with van der Waals surface area (Å²) in [5.41, 5.74) is 5.85. The Morgan fingerprint density at radius 3 is 2.02 bits per heavy atom. The lowest BCUT2D eigenvalue weighted by molar-refractivity contribution is 0.364. The summed E-state index contributed by atoms with van der Waals surface area (Å²) in [5, 5.41) is 0. The molecule has 1 saturated heterocycles. The van der Waals surface area contributed by atoms with Crippen molar-refractivity contribution in [3.8, 4) is 17.2 Å². The smallest absolute Gasteiger partial charge is 0.135 e. The Hall–Kier alpha value is -2.96. The molecule has 2 heterocycles. The van der Waals surface area contributed by atoms with Gasteiger partial charge in [-0.15, -0.1) is 23.5 Å². The van der Waals surface area contributed by atoms with E-state index in [9.17, 15) is 0 Å². The van der Waals surface area contributed by atoms with E-state index in [1.165, 1.54) is 28.7 Å². The molecule has 2 aliphatic rings. The number of methoxy groups -OCH3 is 3. The first-order valence-electron chi connectivity index (χ1n) is 13.7. The van der Waals surface area contributed by atoms with E-state index in [1.54, 1.807) is 21.3 Å². The van der Waals surface area contributed by atoms with E-state index in [1.807, 2.05) is 53.9 Å². The van der Waals surface area contributed by atoms with Crippen LogP contribution in [0.2, 0.25) is 0 Å². The van der Waals surface area contributed by atoms with Gasteiger partial charge in [0.1, 0.15) is 33.3 Å². The lowest BCUT2D eigenvalue weighted by Crippen LogP contribution is -2.20. The molecular formula is C34H38O4S2. The van der Waals surface area contributed by atoms with Gasteiger partial charge in [-0.1, -0.05) is 57.2 Å². The molecule has 5 rings (SSSR count). The third-order valence-electron chi connectivity index (χ3n) is 7.36. The Labute approximate surface area is 247 Å². The molecule has 0 N–H and O–H groups in total. The lowest BCUT2D eigenvalue weighted by Gasteiger charge is -2.34. The van der Waals surface area contributed by atoms with Crippen LogP contribution in [-0.4, -0.2) is 37.4 Å². The number of allylic oxidation sites excluding steroid dienone is 2. The predicted octanol–water partition coefficient (Wildman–Crippen LogP) is 8.77. The maximum Gasteiger partial charge on any atom is 0.135 e. The summed E-state index contributed by atoms with van der Waals surface area (Å²) in [5.74, 6) is 6.37. The van der Waals surface area contributed by atoms with Crippen LogP contribution in [0.25, 0.3) is 11.3 Å². The molecule has 0 amide bonds. The molecule has 1 atom stereocenters. The minimum atomic E-state index is -0.0239. The molecule has 6 heteroatoms. The quantitative estimate of drug-likeness (QED) is 0.281. The van der Waals surface area contributed by atoms with E-state index in [0.29, 0.717) is 0 Å². The zero-order valence-electron chi connectivity index (χ0n) is 24.2. The third kappa shape index (κ3) is 6.03. The van der Waals surface area contributed by atoms with Gasteiger partial charge in [-0.25, -0.2) is 0 Å². The average molecular weight is 575 g/mol. The monoisotopic (exact) mass is 574 g/mol. The number of hydrogen-bond donors (Lipinski definition) is 0. The van der Waals surface area contributed by atoms with Crippen LogP contribution < -0.4 is 14.2 Å². The average Bonchev–Trinajstić information content (AvgIpc) is 3.00. The Kier molecular flexibility index (Phi) is 8.77. The van der Waals surface area contributed by atoms with Gasteiger partial charge >= 0.3 is 0 Å². The number of rotatable bonds is 7. The molecule has 2 aliphatic heterocycles. The summed E-state index contributed by atoms with van der Waals surface area (Å²) in [6, 6.07) is 23.3. The van der Waals surface area contributed by atoms with Gasteiger partial charge in [0.2, 0.25) is 0 Å². The van der Waals surface area contributed by atoms with Crippen LogP contribution in [0.1, 0.15) is 55.4 Å². The van der Waals surface area contributed by atoms with Crippen molar-refractivity contribution >= 4 is 34.9 Å². The highest BCUT2D eigenvalue weighted by molar-refractivity contribution is 8.17. The van der Waals surface area contributed by atoms with Crippen LogP contribution in [-0.2, 0) is 10.2 Å². The van der Waals surface area contributed by atoms with Crippen molar-refractivity contribution < 1.29 is 18.9 Å². The fraction of sp³-hybridized carbons (Fsp3) is 0.353. The van der Waals surface area contributed by atoms with E-state index in [2.05, 4.69) is 63.2 Å². The summed E-state index contributed by atoms with van der Waals surface area (Å²) in [6.45, 7) is 6.76. The standard InChI is InChI=1S/C34H38O4S2/c1-34(2,3)24-12-8-23(9-13-24)31-27(22-10-14-25(35-4)15-11-22)21-30(38-32(31)33-39-18-7-19-40-33)28-20-26(36-5)16-17-29(28)37-6/h8-17,20-21,27,33H,7,18-19H2,1-6H3. The molecule has 3 aromatic carbocycles. The number of hydrogen-bond acceptors (Lipinski definition) is 6. The van der Waals surface area contributed by atoms with Crippen LogP contribution in [0.4, 0.5) is 0 Å². The van der Waals surface area contributed by atoms with Gasteiger partial charge in [0, 0.05) is 11.5 Å². The van der Waals surface area contributed by atoms with Crippen molar-refractivity contribution in [3.05, 3.63) is 101 Å². The number of thioether (sulfide) groups is 2. The van der Waals surface area contributed by atoms with E-state index < -0.39 is 0 Å². The van der Waals surface area contributed by atoms with E-state index >= 15 is 0 Å². The summed E-state index contributed by atoms with van der Waals surface area (Å²) >= 11 is 3.94. The predicted molar refractivity (Wildman–Crippen MR) is 170 cm³/mol. The molecule has 210 valence electrons. The highest BCUT2D eigenvalue weighted by Gasteiger charge is 2.34. The van der Waals surface area contributed by atoms with Gasteiger partial charge in [-0.2, -0.15) is 0 Å². The van der Waals surface area contributed by atoms with Gasteiger partial charge in [0.15, 0.2) is 0 Å². The maximum atomic E-state index is 6.95. The second-order valence-electron chi connectivity index (χ2n) is 11.0. The number of benzene rings is 3. The Morgan fingerprint density at radius 2 is 1.43 bits per heavy atom. The fourth-order valence-corrected chi connectivity index (χ4v) is 7.95. The fourth-order valence-electron chi connectivity index (χ4n) is 5.11. The Morgan fingerprint density at radius 1 is 0.775 bits per heavy atom.